The van der Waals surface area contributed by atoms with E-state index in [4.69, 9.17) is 0 Å². The monoisotopic (exact) mass is 364 g/mol. The molecule has 0 heterocycles. The highest BCUT2D eigenvalue weighted by molar-refractivity contribution is 5.41. The summed E-state index contributed by atoms with van der Waals surface area (Å²) in [5.74, 6) is 0. The Morgan fingerprint density at radius 2 is 0.889 bits per heavy atom. The SMILES string of the molecule is CCCCC(CCCC)(CCCC)C(C)(c1ccccc1)c1ccccc1. The largest absolute Gasteiger partial charge is 0.0654 e. The molecule has 2 aromatic carbocycles. The minimum atomic E-state index is 0.0506. The fraction of sp³-hybridized carbons (Fsp3) is 0.556. The van der Waals surface area contributed by atoms with Gasteiger partial charge in [-0.15, -0.1) is 0 Å². The van der Waals surface area contributed by atoms with Crippen molar-refractivity contribution in [1.29, 1.82) is 0 Å². The molecule has 0 aromatic heterocycles. The van der Waals surface area contributed by atoms with Crippen LogP contribution in [0.3, 0.4) is 0 Å². The first kappa shape index (κ1) is 21.7. The third-order valence-corrected chi connectivity index (χ3v) is 6.79. The third kappa shape index (κ3) is 4.84. The van der Waals surface area contributed by atoms with Crippen LogP contribution in [-0.2, 0) is 5.41 Å². The number of hydrogen-bond donors (Lipinski definition) is 0. The fourth-order valence-electron chi connectivity index (χ4n) is 4.99. The molecule has 0 aliphatic carbocycles. The van der Waals surface area contributed by atoms with Gasteiger partial charge in [-0.25, -0.2) is 0 Å². The van der Waals surface area contributed by atoms with Gasteiger partial charge < -0.3 is 0 Å². The van der Waals surface area contributed by atoms with Crippen LogP contribution in [0.5, 0.6) is 0 Å². The number of unbranched alkanes of at least 4 members (excludes halogenated alkanes) is 3. The highest BCUT2D eigenvalue weighted by Gasteiger charge is 2.48. The molecule has 0 aliphatic rings. The summed E-state index contributed by atoms with van der Waals surface area (Å²) in [6, 6.07) is 22.7. The highest BCUT2D eigenvalue weighted by Crippen LogP contribution is 2.55. The van der Waals surface area contributed by atoms with Gasteiger partial charge >= 0.3 is 0 Å². The summed E-state index contributed by atoms with van der Waals surface area (Å²) in [6.07, 6.45) is 11.8. The van der Waals surface area contributed by atoms with Crippen LogP contribution in [0, 0.1) is 5.41 Å². The van der Waals surface area contributed by atoms with Crippen molar-refractivity contribution in [2.45, 2.75) is 90.9 Å². The van der Waals surface area contributed by atoms with E-state index >= 15 is 0 Å². The Morgan fingerprint density at radius 3 is 1.19 bits per heavy atom. The van der Waals surface area contributed by atoms with Gasteiger partial charge in [-0.3, -0.25) is 0 Å². The van der Waals surface area contributed by atoms with Crippen molar-refractivity contribution < 1.29 is 0 Å². The second-order valence-corrected chi connectivity index (χ2v) is 8.45. The second-order valence-electron chi connectivity index (χ2n) is 8.45. The van der Waals surface area contributed by atoms with Gasteiger partial charge in [-0.05, 0) is 35.8 Å². The lowest BCUT2D eigenvalue weighted by Gasteiger charge is -2.51. The van der Waals surface area contributed by atoms with E-state index in [0.29, 0.717) is 5.41 Å². The van der Waals surface area contributed by atoms with Crippen molar-refractivity contribution >= 4 is 0 Å². The first-order chi connectivity index (χ1) is 13.1. The number of benzene rings is 2. The average molecular weight is 365 g/mol. The van der Waals surface area contributed by atoms with Gasteiger partial charge in [0, 0.05) is 5.41 Å². The maximum atomic E-state index is 2.54. The van der Waals surface area contributed by atoms with Crippen molar-refractivity contribution in [3.63, 3.8) is 0 Å². The van der Waals surface area contributed by atoms with Crippen molar-refractivity contribution in [3.05, 3.63) is 71.8 Å². The predicted molar refractivity (Wildman–Crippen MR) is 120 cm³/mol. The van der Waals surface area contributed by atoms with E-state index in [-0.39, 0.29) is 5.41 Å². The molecule has 2 rings (SSSR count). The first-order valence-corrected chi connectivity index (χ1v) is 11.3. The van der Waals surface area contributed by atoms with Crippen LogP contribution < -0.4 is 0 Å². The van der Waals surface area contributed by atoms with Crippen LogP contribution in [0.4, 0.5) is 0 Å². The Labute approximate surface area is 168 Å². The molecule has 0 radical (unpaired) electrons. The van der Waals surface area contributed by atoms with E-state index in [2.05, 4.69) is 88.4 Å². The molecule has 0 aliphatic heterocycles. The fourth-order valence-corrected chi connectivity index (χ4v) is 4.99. The molecule has 0 atom stereocenters. The lowest BCUT2D eigenvalue weighted by molar-refractivity contribution is 0.106. The topological polar surface area (TPSA) is 0 Å². The molecule has 0 bridgehead atoms. The van der Waals surface area contributed by atoms with Crippen LogP contribution in [-0.4, -0.2) is 0 Å². The normalized spacial score (nSPS) is 12.3. The van der Waals surface area contributed by atoms with Crippen molar-refractivity contribution in [3.8, 4) is 0 Å². The Morgan fingerprint density at radius 1 is 0.556 bits per heavy atom. The van der Waals surface area contributed by atoms with Gasteiger partial charge in [0.1, 0.15) is 0 Å². The third-order valence-electron chi connectivity index (χ3n) is 6.79. The van der Waals surface area contributed by atoms with E-state index in [9.17, 15) is 0 Å². The van der Waals surface area contributed by atoms with Gasteiger partial charge in [-0.2, -0.15) is 0 Å². The maximum absolute atomic E-state index is 2.54. The zero-order valence-corrected chi connectivity index (χ0v) is 18.1. The van der Waals surface area contributed by atoms with Gasteiger partial charge in [0.2, 0.25) is 0 Å². The molecule has 0 unspecified atom stereocenters. The minimum absolute atomic E-state index is 0.0506. The van der Waals surface area contributed by atoms with Crippen molar-refractivity contribution in [1.82, 2.24) is 0 Å². The molecule has 0 amide bonds. The summed E-state index contributed by atoms with van der Waals surface area (Å²) in [4.78, 5) is 0. The molecule has 0 fully saturated rings. The zero-order valence-electron chi connectivity index (χ0n) is 18.1. The van der Waals surface area contributed by atoms with Crippen LogP contribution in [0.25, 0.3) is 0 Å². The average Bonchev–Trinajstić information content (AvgIpc) is 2.74. The second kappa shape index (κ2) is 10.7. The molecule has 0 N–H and O–H groups in total. The molecule has 0 nitrogen and oxygen atoms in total. The molecule has 0 heteroatoms. The number of hydrogen-bond acceptors (Lipinski definition) is 0. The van der Waals surface area contributed by atoms with Gasteiger partial charge in [-0.1, -0.05) is 127 Å². The molecular formula is C27H40. The Hall–Kier alpha value is -1.56. The zero-order chi connectivity index (χ0) is 19.6. The van der Waals surface area contributed by atoms with Gasteiger partial charge in [0.15, 0.2) is 0 Å². The lowest BCUT2D eigenvalue weighted by Crippen LogP contribution is -2.45. The quantitative estimate of drug-likeness (QED) is 0.354. The summed E-state index contributed by atoms with van der Waals surface area (Å²) in [7, 11) is 0. The van der Waals surface area contributed by atoms with E-state index in [1.807, 2.05) is 0 Å². The standard InChI is InChI=1S/C27H40/c1-5-8-21-27(22-9-6-2,23-10-7-3)26(4,24-17-13-11-14-18-24)25-19-15-12-16-20-25/h11-20H,5-10,21-23H2,1-4H3. The Bertz CT molecular complexity index is 564. The van der Waals surface area contributed by atoms with Gasteiger partial charge in [0.25, 0.3) is 0 Å². The molecule has 0 saturated carbocycles. The van der Waals surface area contributed by atoms with Crippen LogP contribution in [0.2, 0.25) is 0 Å². The summed E-state index contributed by atoms with van der Waals surface area (Å²) in [5, 5.41) is 0. The summed E-state index contributed by atoms with van der Waals surface area (Å²) in [5.41, 5.74) is 3.34. The lowest BCUT2D eigenvalue weighted by atomic mass is 9.52. The molecular weight excluding hydrogens is 324 g/mol. The van der Waals surface area contributed by atoms with E-state index < -0.39 is 0 Å². The molecule has 0 spiro atoms. The van der Waals surface area contributed by atoms with Crippen LogP contribution >= 0.6 is 0 Å². The summed E-state index contributed by atoms with van der Waals surface area (Å²) in [6.45, 7) is 9.56. The first-order valence-electron chi connectivity index (χ1n) is 11.3. The molecule has 0 saturated heterocycles. The van der Waals surface area contributed by atoms with E-state index in [0.717, 1.165) is 0 Å². The molecule has 2 aromatic rings. The highest BCUT2D eigenvalue weighted by atomic mass is 14.5. The van der Waals surface area contributed by atoms with Gasteiger partial charge in [0.05, 0.1) is 0 Å². The van der Waals surface area contributed by atoms with Crippen LogP contribution in [0.1, 0.15) is 96.6 Å². The predicted octanol–water partition coefficient (Wildman–Crippen LogP) is 8.55. The maximum Gasteiger partial charge on any atom is 0.0230 e. The Balaban J connectivity index is 2.67. The Kier molecular flexibility index (Phi) is 8.61. The van der Waals surface area contributed by atoms with E-state index in [1.165, 1.54) is 68.9 Å². The smallest absolute Gasteiger partial charge is 0.0230 e. The molecule has 148 valence electrons. The summed E-state index contributed by atoms with van der Waals surface area (Å²) >= 11 is 0. The minimum Gasteiger partial charge on any atom is -0.0654 e. The summed E-state index contributed by atoms with van der Waals surface area (Å²) < 4.78 is 0. The van der Waals surface area contributed by atoms with Crippen molar-refractivity contribution in [2.75, 3.05) is 0 Å². The van der Waals surface area contributed by atoms with E-state index in [1.54, 1.807) is 0 Å². The molecule has 27 heavy (non-hydrogen) atoms. The number of rotatable bonds is 12. The van der Waals surface area contributed by atoms with Crippen LogP contribution in [0.15, 0.2) is 60.7 Å². The van der Waals surface area contributed by atoms with Crippen molar-refractivity contribution in [2.24, 2.45) is 5.41 Å².